The Balaban J connectivity index is 1.12. The zero-order valence-corrected chi connectivity index (χ0v) is 38.1. The normalized spacial score (nSPS) is 14.5. The molecule has 0 bridgehead atoms. The average molecular weight is 815 g/mol. The lowest BCUT2D eigenvalue weighted by Gasteiger charge is -2.45. The van der Waals surface area contributed by atoms with Crippen molar-refractivity contribution >= 4 is 57.2 Å². The zero-order valence-electron chi connectivity index (χ0n) is 38.1. The molecule has 0 atom stereocenters. The van der Waals surface area contributed by atoms with Crippen LogP contribution in [0.2, 0.25) is 0 Å². The predicted octanol–water partition coefficient (Wildman–Crippen LogP) is 14.3. The Morgan fingerprint density at radius 2 is 0.905 bits per heavy atom. The molecule has 0 unspecified atom stereocenters. The van der Waals surface area contributed by atoms with Crippen molar-refractivity contribution < 1.29 is 0 Å². The molecule has 11 rings (SSSR count). The molecular formula is C60H55BN2. The number of rotatable bonds is 4. The van der Waals surface area contributed by atoms with Gasteiger partial charge in [0, 0.05) is 39.5 Å². The Bertz CT molecular complexity index is 3110. The van der Waals surface area contributed by atoms with E-state index in [-0.39, 0.29) is 23.0 Å². The molecule has 63 heavy (non-hydrogen) atoms. The maximum Gasteiger partial charge on any atom is 0.252 e. The largest absolute Gasteiger partial charge is 0.311 e. The molecular weight excluding hydrogens is 759 g/mol. The van der Waals surface area contributed by atoms with Crippen molar-refractivity contribution in [3.05, 3.63) is 198 Å². The van der Waals surface area contributed by atoms with Crippen LogP contribution in [0.5, 0.6) is 0 Å². The van der Waals surface area contributed by atoms with Crippen LogP contribution in [0.25, 0.3) is 33.4 Å². The Morgan fingerprint density at radius 1 is 0.429 bits per heavy atom. The summed E-state index contributed by atoms with van der Waals surface area (Å²) in [5.41, 5.74) is 25.7. The summed E-state index contributed by atoms with van der Waals surface area (Å²) < 4.78 is 0. The molecule has 1 aliphatic carbocycles. The van der Waals surface area contributed by atoms with Gasteiger partial charge < -0.3 is 9.80 Å². The van der Waals surface area contributed by atoms with Crippen LogP contribution in [0.15, 0.2) is 170 Å². The summed E-state index contributed by atoms with van der Waals surface area (Å²) in [6, 6.07) is 64.6. The van der Waals surface area contributed by atoms with E-state index in [0.717, 1.165) is 5.69 Å². The molecule has 0 saturated heterocycles. The second-order valence-corrected chi connectivity index (χ2v) is 20.7. The molecule has 0 aromatic heterocycles. The van der Waals surface area contributed by atoms with Gasteiger partial charge in [-0.15, -0.1) is 0 Å². The van der Waals surface area contributed by atoms with Crippen molar-refractivity contribution in [3.8, 4) is 33.4 Å². The van der Waals surface area contributed by atoms with Gasteiger partial charge in [-0.25, -0.2) is 0 Å². The average Bonchev–Trinajstić information content (AvgIpc) is 3.51. The third kappa shape index (κ3) is 6.15. The van der Waals surface area contributed by atoms with E-state index in [1.807, 2.05) is 0 Å². The van der Waals surface area contributed by atoms with Crippen molar-refractivity contribution in [2.24, 2.45) is 0 Å². The van der Waals surface area contributed by atoms with Gasteiger partial charge in [-0.3, -0.25) is 0 Å². The van der Waals surface area contributed by atoms with Crippen molar-refractivity contribution in [1.82, 2.24) is 0 Å². The highest BCUT2D eigenvalue weighted by Gasteiger charge is 2.44. The van der Waals surface area contributed by atoms with Gasteiger partial charge in [0.15, 0.2) is 0 Å². The van der Waals surface area contributed by atoms with Crippen molar-refractivity contribution in [2.75, 3.05) is 9.80 Å². The highest BCUT2D eigenvalue weighted by atomic mass is 15.2. The summed E-state index contributed by atoms with van der Waals surface area (Å²) in [5, 5.41) is 0. The van der Waals surface area contributed by atoms with Crippen LogP contribution in [0.4, 0.5) is 34.1 Å². The SMILES string of the molecule is Cc1cc2c3c(c1)N(c1ccc(-c4cccc5c4-c4ccccc4C5(C)C)cc1)c1cc(C(C)(C)C)ccc1B3c1ccc(C(C)(C)C)cc1N2c1ccc(-c2ccccc2)cc1. The lowest BCUT2D eigenvalue weighted by atomic mass is 9.33. The van der Waals surface area contributed by atoms with E-state index in [2.05, 4.69) is 242 Å². The number of anilines is 6. The van der Waals surface area contributed by atoms with Crippen LogP contribution in [-0.2, 0) is 16.2 Å². The number of hydrogen-bond donors (Lipinski definition) is 0. The van der Waals surface area contributed by atoms with Gasteiger partial charge in [0.25, 0.3) is 6.71 Å². The maximum atomic E-state index is 2.57. The Hall–Kier alpha value is -6.58. The first-order valence-corrected chi connectivity index (χ1v) is 22.7. The quantitative estimate of drug-likeness (QED) is 0.163. The first kappa shape index (κ1) is 39.3. The van der Waals surface area contributed by atoms with Gasteiger partial charge in [-0.2, -0.15) is 0 Å². The molecule has 0 amide bonds. The van der Waals surface area contributed by atoms with Crippen LogP contribution in [0.3, 0.4) is 0 Å². The third-order valence-electron chi connectivity index (χ3n) is 14.2. The van der Waals surface area contributed by atoms with E-state index in [1.54, 1.807) is 0 Å². The van der Waals surface area contributed by atoms with E-state index in [0.29, 0.717) is 0 Å². The summed E-state index contributed by atoms with van der Waals surface area (Å²) >= 11 is 0. The molecule has 0 radical (unpaired) electrons. The first-order valence-electron chi connectivity index (χ1n) is 22.7. The monoisotopic (exact) mass is 814 g/mol. The highest BCUT2D eigenvalue weighted by molar-refractivity contribution is 7.00. The topological polar surface area (TPSA) is 6.48 Å². The summed E-state index contributed by atoms with van der Waals surface area (Å²) in [5.74, 6) is 0. The molecule has 0 spiro atoms. The van der Waals surface area contributed by atoms with Gasteiger partial charge >= 0.3 is 0 Å². The molecule has 0 N–H and O–H groups in total. The molecule has 8 aromatic carbocycles. The summed E-state index contributed by atoms with van der Waals surface area (Å²) in [4.78, 5) is 5.11. The Kier molecular flexibility index (Phi) is 8.71. The van der Waals surface area contributed by atoms with Crippen LogP contribution in [0, 0.1) is 6.92 Å². The van der Waals surface area contributed by atoms with E-state index < -0.39 is 0 Å². The van der Waals surface area contributed by atoms with Crippen LogP contribution < -0.4 is 26.2 Å². The smallest absolute Gasteiger partial charge is 0.252 e. The second-order valence-electron chi connectivity index (χ2n) is 20.7. The summed E-state index contributed by atoms with van der Waals surface area (Å²) in [6.45, 7) is 21.0. The standard InChI is InChI=1S/C60H55BN2/c1-38-34-54-57-55(35-38)63(45-30-24-41(25-31-45)46-19-15-21-49-56(46)47-18-13-14-20-48(47)60(49,8)9)53-37-43(59(5,6)7)27-33-51(53)61(57)50-32-26-42(58(2,3)4)36-52(50)62(54)44-28-22-40(23-29-44)39-16-11-10-12-17-39/h10-37H,1-9H3. The van der Waals surface area contributed by atoms with Crippen molar-refractivity contribution in [1.29, 1.82) is 0 Å². The summed E-state index contributed by atoms with van der Waals surface area (Å²) in [7, 11) is 0. The van der Waals surface area contributed by atoms with Gasteiger partial charge in [0.1, 0.15) is 0 Å². The van der Waals surface area contributed by atoms with Crippen molar-refractivity contribution in [2.45, 2.75) is 78.6 Å². The van der Waals surface area contributed by atoms with Crippen molar-refractivity contribution in [3.63, 3.8) is 0 Å². The fourth-order valence-corrected chi connectivity index (χ4v) is 10.8. The lowest BCUT2D eigenvalue weighted by molar-refractivity contribution is 0.590. The van der Waals surface area contributed by atoms with Crippen LogP contribution in [-0.4, -0.2) is 6.71 Å². The maximum absolute atomic E-state index is 2.57. The number of nitrogens with zero attached hydrogens (tertiary/aromatic N) is 2. The molecule has 0 saturated carbocycles. The van der Waals surface area contributed by atoms with Crippen LogP contribution >= 0.6 is 0 Å². The summed E-state index contributed by atoms with van der Waals surface area (Å²) in [6.07, 6.45) is 0. The van der Waals surface area contributed by atoms with Gasteiger partial charge in [0.2, 0.25) is 0 Å². The molecule has 8 aromatic rings. The fourth-order valence-electron chi connectivity index (χ4n) is 10.8. The third-order valence-corrected chi connectivity index (χ3v) is 14.2. The fraction of sp³-hybridized carbons (Fsp3) is 0.200. The number of aryl methyl sites for hydroxylation is 1. The minimum absolute atomic E-state index is 0.00955. The van der Waals surface area contributed by atoms with E-state index in [4.69, 9.17) is 0 Å². The predicted molar refractivity (Wildman–Crippen MR) is 271 cm³/mol. The minimum Gasteiger partial charge on any atom is -0.311 e. The molecule has 2 nitrogen and oxygen atoms in total. The lowest BCUT2D eigenvalue weighted by Crippen LogP contribution is -2.61. The zero-order chi connectivity index (χ0) is 43.6. The number of fused-ring (bicyclic) bond motifs is 7. The van der Waals surface area contributed by atoms with E-state index >= 15 is 0 Å². The molecule has 3 aliphatic rings. The Morgan fingerprint density at radius 3 is 1.46 bits per heavy atom. The van der Waals surface area contributed by atoms with E-state index in [1.165, 1.54) is 106 Å². The molecule has 308 valence electrons. The highest BCUT2D eigenvalue weighted by Crippen LogP contribution is 2.52. The molecule has 2 aliphatic heterocycles. The molecule has 2 heterocycles. The van der Waals surface area contributed by atoms with E-state index in [9.17, 15) is 0 Å². The van der Waals surface area contributed by atoms with Gasteiger partial charge in [-0.05, 0) is 144 Å². The van der Waals surface area contributed by atoms with Gasteiger partial charge in [0.05, 0.1) is 0 Å². The number of hydrogen-bond acceptors (Lipinski definition) is 2. The minimum atomic E-state index is -0.0459. The second kappa shape index (κ2) is 14.0. The molecule has 0 fully saturated rings. The van der Waals surface area contributed by atoms with Crippen LogP contribution in [0.1, 0.15) is 83.2 Å². The molecule has 3 heteroatoms. The van der Waals surface area contributed by atoms with Gasteiger partial charge in [-0.1, -0.05) is 177 Å². The Labute approximate surface area is 375 Å². The first-order chi connectivity index (χ1) is 30.2. The number of benzene rings is 8.